The number of fused-ring (bicyclic) bond motifs is 1. The van der Waals surface area contributed by atoms with E-state index in [9.17, 15) is 13.5 Å². The number of nitrogens with one attached hydrogen (secondary N) is 1. The number of aryl methyl sites for hydroxylation is 1. The molecule has 0 bridgehead atoms. The number of sulfonamides is 1. The van der Waals surface area contributed by atoms with Gasteiger partial charge in [0.1, 0.15) is 0 Å². The largest absolute Gasteiger partial charge is 0.493 e. The molecule has 8 nitrogen and oxygen atoms in total. The van der Waals surface area contributed by atoms with Crippen LogP contribution in [0.5, 0.6) is 5.88 Å². The predicted molar refractivity (Wildman–Crippen MR) is 113 cm³/mol. The van der Waals surface area contributed by atoms with Gasteiger partial charge in [-0.2, -0.15) is 0 Å². The van der Waals surface area contributed by atoms with Gasteiger partial charge in [-0.1, -0.05) is 17.7 Å². The van der Waals surface area contributed by atoms with Gasteiger partial charge >= 0.3 is 0 Å². The lowest BCUT2D eigenvalue weighted by atomic mass is 10.2. The number of benzene rings is 2. The van der Waals surface area contributed by atoms with E-state index in [1.807, 2.05) is 6.92 Å². The number of nitrogens with two attached hydrogens (primary N) is 1. The van der Waals surface area contributed by atoms with Crippen LogP contribution < -0.4 is 10.5 Å². The van der Waals surface area contributed by atoms with E-state index in [-0.39, 0.29) is 21.6 Å². The Kier molecular flexibility index (Phi) is 5.66. The van der Waals surface area contributed by atoms with Crippen LogP contribution in [0.4, 0.5) is 11.4 Å². The zero-order chi connectivity index (χ0) is 20.5. The van der Waals surface area contributed by atoms with E-state index in [1.165, 1.54) is 18.2 Å². The molecule has 0 aliphatic heterocycles. The normalized spacial score (nSPS) is 12.0. The van der Waals surface area contributed by atoms with Gasteiger partial charge < -0.3 is 15.0 Å². The zero-order valence-corrected chi connectivity index (χ0v) is 17.0. The summed E-state index contributed by atoms with van der Waals surface area (Å²) in [4.78, 5) is -0.0576. The Morgan fingerprint density at radius 3 is 2.75 bits per heavy atom. The number of nitrogens with zero attached hydrogens (tertiary/aromatic N) is 3. The molecule has 1 heterocycles. The number of aromatic nitrogens is 1. The molecule has 0 fully saturated rings. The van der Waals surface area contributed by atoms with Crippen molar-refractivity contribution in [1.29, 1.82) is 0 Å². The van der Waals surface area contributed by atoms with E-state index in [0.717, 1.165) is 5.52 Å². The summed E-state index contributed by atoms with van der Waals surface area (Å²) in [5, 5.41) is 27.5. The molecule has 0 saturated carbocycles. The molecule has 0 aliphatic carbocycles. The molecule has 0 atom stereocenters. The summed E-state index contributed by atoms with van der Waals surface area (Å²) in [7, 11) is -3.83. The number of thiocarbonyl (C=S) groups is 1. The number of primary sulfonamides is 1. The third-order valence-corrected chi connectivity index (χ3v) is 5.27. The smallest absolute Gasteiger partial charge is 0.238 e. The van der Waals surface area contributed by atoms with Crippen LogP contribution in [0.1, 0.15) is 6.92 Å². The number of aromatic hydroxyl groups is 1. The first-order chi connectivity index (χ1) is 13.2. The fourth-order valence-electron chi connectivity index (χ4n) is 2.70. The Labute approximate surface area is 171 Å². The third kappa shape index (κ3) is 4.14. The first-order valence-electron chi connectivity index (χ1n) is 8.07. The Morgan fingerprint density at radius 1 is 1.32 bits per heavy atom. The molecule has 0 aliphatic rings. The van der Waals surface area contributed by atoms with Gasteiger partial charge in [-0.25, -0.2) is 13.6 Å². The summed E-state index contributed by atoms with van der Waals surface area (Å²) in [6, 6.07) is 11.0. The highest BCUT2D eigenvalue weighted by atomic mass is 35.5. The van der Waals surface area contributed by atoms with Gasteiger partial charge in [0.25, 0.3) is 0 Å². The number of hydrogen-bond donors (Lipinski definition) is 3. The molecule has 0 amide bonds. The molecule has 0 saturated heterocycles. The highest BCUT2D eigenvalue weighted by Crippen LogP contribution is 2.39. The molecule has 1 aromatic heterocycles. The van der Waals surface area contributed by atoms with Gasteiger partial charge in [0.15, 0.2) is 5.69 Å². The number of anilines is 1. The van der Waals surface area contributed by atoms with Crippen molar-refractivity contribution in [3.8, 4) is 5.88 Å². The minimum Gasteiger partial charge on any atom is -0.493 e. The van der Waals surface area contributed by atoms with Crippen molar-refractivity contribution in [2.45, 2.75) is 18.4 Å². The average molecular weight is 438 g/mol. The van der Waals surface area contributed by atoms with Crippen LogP contribution in [0.3, 0.4) is 0 Å². The van der Waals surface area contributed by atoms with Gasteiger partial charge in [-0.05, 0) is 55.5 Å². The van der Waals surface area contributed by atoms with Crippen molar-refractivity contribution in [2.24, 2.45) is 15.4 Å². The predicted octanol–water partition coefficient (Wildman–Crippen LogP) is 4.15. The second-order valence-corrected chi connectivity index (χ2v) is 8.17. The molecule has 0 radical (unpaired) electrons. The van der Waals surface area contributed by atoms with Crippen LogP contribution in [0, 0.1) is 0 Å². The van der Waals surface area contributed by atoms with Crippen LogP contribution >= 0.6 is 23.8 Å². The highest BCUT2D eigenvalue weighted by Gasteiger charge is 2.16. The minimum absolute atomic E-state index is 0.0164. The Balaban J connectivity index is 1.88. The SMILES string of the molecule is CCn1c(O)c(N=NC(=S)Nc2cccc(S(N)(=O)=O)c2)c2ccc(Cl)cc21. The van der Waals surface area contributed by atoms with Crippen molar-refractivity contribution in [1.82, 2.24) is 4.57 Å². The fourth-order valence-corrected chi connectivity index (χ4v) is 3.59. The van der Waals surface area contributed by atoms with E-state index in [0.29, 0.717) is 22.6 Å². The quantitative estimate of drug-likeness (QED) is 0.418. The second kappa shape index (κ2) is 7.84. The molecule has 3 rings (SSSR count). The Hall–Kier alpha value is -2.53. The van der Waals surface area contributed by atoms with E-state index in [2.05, 4.69) is 15.5 Å². The van der Waals surface area contributed by atoms with Gasteiger partial charge in [-0.3, -0.25) is 0 Å². The zero-order valence-electron chi connectivity index (χ0n) is 14.6. The number of hydrogen-bond acceptors (Lipinski definition) is 5. The highest BCUT2D eigenvalue weighted by molar-refractivity contribution is 7.89. The summed E-state index contributed by atoms with van der Waals surface area (Å²) < 4.78 is 24.5. The van der Waals surface area contributed by atoms with Gasteiger partial charge in [-0.15, -0.1) is 10.2 Å². The number of rotatable bonds is 4. The second-order valence-electron chi connectivity index (χ2n) is 5.78. The lowest BCUT2D eigenvalue weighted by molar-refractivity contribution is 0.427. The lowest BCUT2D eigenvalue weighted by Crippen LogP contribution is -2.13. The van der Waals surface area contributed by atoms with Crippen molar-refractivity contribution < 1.29 is 13.5 Å². The van der Waals surface area contributed by atoms with E-state index in [4.69, 9.17) is 29.0 Å². The van der Waals surface area contributed by atoms with E-state index < -0.39 is 10.0 Å². The molecule has 0 spiro atoms. The van der Waals surface area contributed by atoms with Crippen LogP contribution in [0.2, 0.25) is 5.02 Å². The van der Waals surface area contributed by atoms with Crippen molar-refractivity contribution in [3.63, 3.8) is 0 Å². The molecule has 2 aromatic carbocycles. The maximum atomic E-state index is 11.4. The van der Waals surface area contributed by atoms with Gasteiger partial charge in [0.2, 0.25) is 21.0 Å². The summed E-state index contributed by atoms with van der Waals surface area (Å²) in [5.41, 5.74) is 1.37. The molecule has 4 N–H and O–H groups in total. The maximum absolute atomic E-state index is 11.4. The molecule has 0 unspecified atom stereocenters. The van der Waals surface area contributed by atoms with Gasteiger partial charge in [0, 0.05) is 22.6 Å². The molecule has 28 heavy (non-hydrogen) atoms. The molecular weight excluding hydrogens is 422 g/mol. The third-order valence-electron chi connectivity index (χ3n) is 3.94. The van der Waals surface area contributed by atoms with Crippen molar-refractivity contribution in [3.05, 3.63) is 47.5 Å². The molecular formula is C17H16ClN5O3S2. The van der Waals surface area contributed by atoms with Crippen LogP contribution in [-0.4, -0.2) is 23.2 Å². The minimum atomic E-state index is -3.83. The topological polar surface area (TPSA) is 122 Å². The van der Waals surface area contributed by atoms with Crippen molar-refractivity contribution in [2.75, 3.05) is 5.32 Å². The van der Waals surface area contributed by atoms with Crippen LogP contribution in [0.15, 0.2) is 57.6 Å². The van der Waals surface area contributed by atoms with Crippen molar-refractivity contribution >= 4 is 61.2 Å². The standard InChI is InChI=1S/C17H16ClN5O3S2/c1-2-23-14-8-10(18)6-7-13(14)15(16(23)24)21-22-17(27)20-11-4-3-5-12(9-11)28(19,25)26/h3-9,24H,2H2,1H3,(H,20,27)(H2,19,25,26). The fraction of sp³-hybridized carbons (Fsp3) is 0.118. The lowest BCUT2D eigenvalue weighted by Gasteiger charge is -2.05. The summed E-state index contributed by atoms with van der Waals surface area (Å²) >= 11 is 11.2. The van der Waals surface area contributed by atoms with Crippen LogP contribution in [0.25, 0.3) is 10.9 Å². The first kappa shape index (κ1) is 20.2. The molecule has 146 valence electrons. The van der Waals surface area contributed by atoms with Crippen LogP contribution in [-0.2, 0) is 16.6 Å². The summed E-state index contributed by atoms with van der Waals surface area (Å²) in [6.07, 6.45) is 0. The van der Waals surface area contributed by atoms with E-state index >= 15 is 0 Å². The monoisotopic (exact) mass is 437 g/mol. The number of halogens is 1. The average Bonchev–Trinajstić information content (AvgIpc) is 2.89. The summed E-state index contributed by atoms with van der Waals surface area (Å²) in [5.74, 6) is -0.0532. The molecule has 3 aromatic rings. The number of azo groups is 1. The summed E-state index contributed by atoms with van der Waals surface area (Å²) in [6.45, 7) is 2.40. The maximum Gasteiger partial charge on any atom is 0.238 e. The Morgan fingerprint density at radius 2 is 2.07 bits per heavy atom. The van der Waals surface area contributed by atoms with Gasteiger partial charge in [0.05, 0.1) is 10.4 Å². The van der Waals surface area contributed by atoms with E-state index in [1.54, 1.807) is 28.8 Å². The Bertz CT molecular complexity index is 1200. The molecule has 11 heteroatoms. The first-order valence-corrected chi connectivity index (χ1v) is 10.4.